The Kier molecular flexibility index (Phi) is 4.50. The van der Waals surface area contributed by atoms with Gasteiger partial charge < -0.3 is 10.8 Å². The third kappa shape index (κ3) is 4.03. The predicted molar refractivity (Wildman–Crippen MR) is 64.2 cm³/mol. The van der Waals surface area contributed by atoms with Crippen LogP contribution in [0.15, 0.2) is 24.3 Å². The average molecular weight is 221 g/mol. The van der Waals surface area contributed by atoms with Crippen LogP contribution in [0.2, 0.25) is 0 Å². The summed E-state index contributed by atoms with van der Waals surface area (Å²) in [4.78, 5) is 10.6. The molecule has 3 nitrogen and oxygen atoms in total. The summed E-state index contributed by atoms with van der Waals surface area (Å²) in [5, 5.41) is 8.71. The molecule has 0 aliphatic rings. The summed E-state index contributed by atoms with van der Waals surface area (Å²) in [6.45, 7) is 4.25. The zero-order valence-electron chi connectivity index (χ0n) is 9.81. The van der Waals surface area contributed by atoms with Crippen molar-refractivity contribution in [2.45, 2.75) is 32.7 Å². The third-order valence-electron chi connectivity index (χ3n) is 2.46. The van der Waals surface area contributed by atoms with Crippen molar-refractivity contribution in [2.24, 2.45) is 11.7 Å². The van der Waals surface area contributed by atoms with Crippen molar-refractivity contribution < 1.29 is 9.90 Å². The average Bonchev–Trinajstić information content (AvgIpc) is 2.16. The molecule has 88 valence electrons. The second kappa shape index (κ2) is 5.66. The van der Waals surface area contributed by atoms with Crippen LogP contribution in [0.1, 0.15) is 37.4 Å². The molecule has 0 spiro atoms. The van der Waals surface area contributed by atoms with Crippen molar-refractivity contribution in [3.8, 4) is 0 Å². The Morgan fingerprint density at radius 2 is 2.12 bits per heavy atom. The Hall–Kier alpha value is -1.35. The summed E-state index contributed by atoms with van der Waals surface area (Å²) in [6, 6.07) is 7.53. The first kappa shape index (κ1) is 12.7. The van der Waals surface area contributed by atoms with Crippen LogP contribution in [0.5, 0.6) is 0 Å². The number of carbonyl (C=O) groups is 1. The maximum absolute atomic E-state index is 10.6. The van der Waals surface area contributed by atoms with Gasteiger partial charge in [0.05, 0.1) is 6.42 Å². The van der Waals surface area contributed by atoms with Crippen LogP contribution in [-0.2, 0) is 11.2 Å². The van der Waals surface area contributed by atoms with E-state index in [4.69, 9.17) is 10.8 Å². The molecule has 1 rings (SSSR count). The van der Waals surface area contributed by atoms with Gasteiger partial charge in [-0.25, -0.2) is 0 Å². The fraction of sp³-hybridized carbons (Fsp3) is 0.462. The van der Waals surface area contributed by atoms with E-state index in [9.17, 15) is 4.79 Å². The number of hydrogen-bond acceptors (Lipinski definition) is 2. The van der Waals surface area contributed by atoms with E-state index >= 15 is 0 Å². The van der Waals surface area contributed by atoms with Gasteiger partial charge in [-0.3, -0.25) is 4.79 Å². The van der Waals surface area contributed by atoms with E-state index in [0.717, 1.165) is 17.5 Å². The lowest BCUT2D eigenvalue weighted by Gasteiger charge is -2.15. The molecule has 0 bridgehead atoms. The first-order chi connectivity index (χ1) is 7.49. The van der Waals surface area contributed by atoms with Crippen molar-refractivity contribution >= 4 is 5.97 Å². The summed E-state index contributed by atoms with van der Waals surface area (Å²) in [7, 11) is 0. The number of carboxylic acids is 1. The van der Waals surface area contributed by atoms with Gasteiger partial charge in [0.25, 0.3) is 0 Å². The Labute approximate surface area is 96.3 Å². The van der Waals surface area contributed by atoms with Gasteiger partial charge >= 0.3 is 5.97 Å². The molecule has 0 amide bonds. The van der Waals surface area contributed by atoms with Gasteiger partial charge in [0.15, 0.2) is 0 Å². The smallest absolute Gasteiger partial charge is 0.307 e. The lowest BCUT2D eigenvalue weighted by Crippen LogP contribution is -2.13. The molecule has 0 saturated heterocycles. The van der Waals surface area contributed by atoms with Crippen molar-refractivity contribution in [1.82, 2.24) is 0 Å². The van der Waals surface area contributed by atoms with Gasteiger partial charge in [0.1, 0.15) is 0 Å². The topological polar surface area (TPSA) is 63.3 Å². The number of nitrogens with two attached hydrogens (primary N) is 1. The van der Waals surface area contributed by atoms with E-state index in [1.165, 1.54) is 0 Å². The SMILES string of the molecule is CC(C)CC(N)c1cccc(CC(=O)O)c1. The monoisotopic (exact) mass is 221 g/mol. The largest absolute Gasteiger partial charge is 0.481 e. The Morgan fingerprint density at radius 3 is 2.69 bits per heavy atom. The third-order valence-corrected chi connectivity index (χ3v) is 2.46. The Balaban J connectivity index is 2.77. The first-order valence-corrected chi connectivity index (χ1v) is 5.55. The lowest BCUT2D eigenvalue weighted by molar-refractivity contribution is -0.136. The standard InChI is InChI=1S/C13H19NO2/c1-9(2)6-12(14)11-5-3-4-10(7-11)8-13(15)16/h3-5,7,9,12H,6,8,14H2,1-2H3,(H,15,16). The van der Waals surface area contributed by atoms with Crippen molar-refractivity contribution in [1.29, 1.82) is 0 Å². The molecular formula is C13H19NO2. The molecule has 1 unspecified atom stereocenters. The van der Waals surface area contributed by atoms with Gasteiger partial charge in [0, 0.05) is 6.04 Å². The highest BCUT2D eigenvalue weighted by Gasteiger charge is 2.09. The first-order valence-electron chi connectivity index (χ1n) is 5.55. The molecule has 0 saturated carbocycles. The molecule has 1 atom stereocenters. The van der Waals surface area contributed by atoms with Crippen LogP contribution < -0.4 is 5.73 Å². The molecular weight excluding hydrogens is 202 g/mol. The molecule has 1 aromatic carbocycles. The van der Waals surface area contributed by atoms with Crippen LogP contribution in [0.4, 0.5) is 0 Å². The highest BCUT2D eigenvalue weighted by molar-refractivity contribution is 5.70. The molecule has 0 fully saturated rings. The second-order valence-corrected chi connectivity index (χ2v) is 4.55. The van der Waals surface area contributed by atoms with E-state index in [0.29, 0.717) is 5.92 Å². The quantitative estimate of drug-likeness (QED) is 0.802. The van der Waals surface area contributed by atoms with Gasteiger partial charge in [-0.1, -0.05) is 38.1 Å². The van der Waals surface area contributed by atoms with Gasteiger partial charge in [-0.2, -0.15) is 0 Å². The maximum atomic E-state index is 10.6. The lowest BCUT2D eigenvalue weighted by atomic mass is 9.96. The number of rotatable bonds is 5. The molecule has 16 heavy (non-hydrogen) atoms. The van der Waals surface area contributed by atoms with Crippen LogP contribution in [-0.4, -0.2) is 11.1 Å². The normalized spacial score (nSPS) is 12.8. The van der Waals surface area contributed by atoms with Crippen LogP contribution in [0, 0.1) is 5.92 Å². The van der Waals surface area contributed by atoms with Gasteiger partial charge in [-0.05, 0) is 23.5 Å². The zero-order chi connectivity index (χ0) is 12.1. The number of benzene rings is 1. The van der Waals surface area contributed by atoms with E-state index in [1.54, 1.807) is 0 Å². The van der Waals surface area contributed by atoms with E-state index in [1.807, 2.05) is 24.3 Å². The molecule has 3 N–H and O–H groups in total. The second-order valence-electron chi connectivity index (χ2n) is 4.55. The minimum atomic E-state index is -0.811. The van der Waals surface area contributed by atoms with Crippen molar-refractivity contribution in [3.63, 3.8) is 0 Å². The summed E-state index contributed by atoms with van der Waals surface area (Å²) in [5.74, 6) is -0.271. The van der Waals surface area contributed by atoms with Crippen LogP contribution in [0.25, 0.3) is 0 Å². The predicted octanol–water partition coefficient (Wildman–Crippen LogP) is 2.36. The molecule has 0 heterocycles. The molecule has 0 aromatic heterocycles. The minimum Gasteiger partial charge on any atom is -0.481 e. The highest BCUT2D eigenvalue weighted by atomic mass is 16.4. The highest BCUT2D eigenvalue weighted by Crippen LogP contribution is 2.19. The Bertz CT molecular complexity index is 361. The summed E-state index contributed by atoms with van der Waals surface area (Å²) >= 11 is 0. The fourth-order valence-corrected chi connectivity index (χ4v) is 1.75. The molecule has 3 heteroatoms. The van der Waals surface area contributed by atoms with Crippen LogP contribution in [0.3, 0.4) is 0 Å². The maximum Gasteiger partial charge on any atom is 0.307 e. The van der Waals surface area contributed by atoms with Gasteiger partial charge in [0.2, 0.25) is 0 Å². The molecule has 0 radical (unpaired) electrons. The van der Waals surface area contributed by atoms with E-state index in [2.05, 4.69) is 13.8 Å². The van der Waals surface area contributed by atoms with E-state index in [-0.39, 0.29) is 12.5 Å². The van der Waals surface area contributed by atoms with Crippen molar-refractivity contribution in [2.75, 3.05) is 0 Å². The van der Waals surface area contributed by atoms with E-state index < -0.39 is 5.97 Å². The molecule has 0 aliphatic heterocycles. The van der Waals surface area contributed by atoms with Gasteiger partial charge in [-0.15, -0.1) is 0 Å². The fourth-order valence-electron chi connectivity index (χ4n) is 1.75. The van der Waals surface area contributed by atoms with Crippen molar-refractivity contribution in [3.05, 3.63) is 35.4 Å². The number of aliphatic carboxylic acids is 1. The van der Waals surface area contributed by atoms with Crippen LogP contribution >= 0.6 is 0 Å². The summed E-state index contributed by atoms with van der Waals surface area (Å²) in [6.07, 6.45) is 0.971. The number of carboxylic acid groups (broad SMARTS) is 1. The molecule has 1 aromatic rings. The number of hydrogen-bond donors (Lipinski definition) is 2. The zero-order valence-corrected chi connectivity index (χ0v) is 9.81. The Morgan fingerprint density at radius 1 is 1.44 bits per heavy atom. The molecule has 0 aliphatic carbocycles. The summed E-state index contributed by atoms with van der Waals surface area (Å²) in [5.41, 5.74) is 7.88. The summed E-state index contributed by atoms with van der Waals surface area (Å²) < 4.78 is 0. The minimum absolute atomic E-state index is 0.00579.